The van der Waals surface area contributed by atoms with Crippen molar-refractivity contribution in [2.75, 3.05) is 24.4 Å². The molecule has 0 aromatic heterocycles. The van der Waals surface area contributed by atoms with Crippen molar-refractivity contribution in [3.8, 4) is 11.5 Å². The van der Waals surface area contributed by atoms with Crippen LogP contribution in [-0.2, 0) is 11.3 Å². The van der Waals surface area contributed by atoms with Gasteiger partial charge in [-0.05, 0) is 48.6 Å². The number of halogens is 1. The highest BCUT2D eigenvalue weighted by atomic mass is 79.9. The number of ether oxygens (including phenoxy) is 2. The summed E-state index contributed by atoms with van der Waals surface area (Å²) < 4.78 is 11.9. The lowest BCUT2D eigenvalue weighted by molar-refractivity contribution is -0.118. The maximum absolute atomic E-state index is 12.6. The fourth-order valence-corrected chi connectivity index (χ4v) is 5.56. The summed E-state index contributed by atoms with van der Waals surface area (Å²) in [6.07, 6.45) is 17.4. The number of anilines is 1. The Morgan fingerprint density at radius 1 is 0.857 bits per heavy atom. The number of hydrogen-bond donors (Lipinski definition) is 1. The minimum Gasteiger partial charge on any atom is -0.489 e. The average Bonchev–Trinajstić information content (AvgIpc) is 3.48. The molecule has 1 heterocycles. The largest absolute Gasteiger partial charge is 0.489 e. The number of ketones is 1. The number of carbonyl (C=O) groups excluding carboxylic acids is 2. The van der Waals surface area contributed by atoms with E-state index in [-0.39, 0.29) is 35.3 Å². The first kappa shape index (κ1) is 35.7. The van der Waals surface area contributed by atoms with Crippen LogP contribution in [0.25, 0.3) is 0 Å². The number of amides is 1. The molecule has 2 aromatic rings. The molecule has 8 heteroatoms. The Morgan fingerprint density at radius 2 is 1.50 bits per heavy atom. The molecule has 2 aromatic carbocycles. The number of carbonyl (C=O) groups is 2. The third-order valence-electron chi connectivity index (χ3n) is 7.19. The summed E-state index contributed by atoms with van der Waals surface area (Å²) >= 11 is 1.78. The van der Waals surface area contributed by atoms with Crippen LogP contribution in [-0.4, -0.2) is 35.7 Å². The van der Waals surface area contributed by atoms with E-state index in [2.05, 4.69) is 28.7 Å². The molecule has 1 amide bonds. The second-order valence-corrected chi connectivity index (χ2v) is 11.7. The molecule has 0 fully saturated rings. The van der Waals surface area contributed by atoms with Crippen molar-refractivity contribution < 1.29 is 19.1 Å². The molecule has 0 atom stereocenters. The zero-order chi connectivity index (χ0) is 29.1. The number of para-hydroxylation sites is 1. The lowest BCUT2D eigenvalue weighted by Crippen LogP contribution is -2.20. The Labute approximate surface area is 267 Å². The predicted molar refractivity (Wildman–Crippen MR) is 181 cm³/mol. The van der Waals surface area contributed by atoms with Crippen molar-refractivity contribution in [3.63, 3.8) is 0 Å². The first-order chi connectivity index (χ1) is 20.1. The second kappa shape index (κ2) is 21.3. The van der Waals surface area contributed by atoms with E-state index < -0.39 is 0 Å². The zero-order valence-electron chi connectivity index (χ0n) is 25.4. The van der Waals surface area contributed by atoms with E-state index in [9.17, 15) is 9.59 Å². The minimum atomic E-state index is -0.267. The fraction of sp³-hybridized carbons (Fsp3) is 0.529. The lowest BCUT2D eigenvalue weighted by Gasteiger charge is -2.16. The number of unbranched alkanes of at least 4 members (excludes halogenated alkanes) is 11. The number of nitrogens with zero attached hydrogens (tertiary/aromatic N) is 1. The summed E-state index contributed by atoms with van der Waals surface area (Å²) in [5.74, 6) is 1.45. The number of benzene rings is 2. The molecule has 0 saturated carbocycles. The van der Waals surface area contributed by atoms with E-state index in [0.29, 0.717) is 23.7 Å². The van der Waals surface area contributed by atoms with Crippen LogP contribution >= 0.6 is 28.7 Å². The van der Waals surface area contributed by atoms with Crippen molar-refractivity contribution >= 4 is 46.1 Å². The van der Waals surface area contributed by atoms with Crippen LogP contribution in [0.5, 0.6) is 11.5 Å². The van der Waals surface area contributed by atoms with E-state index in [1.54, 1.807) is 30.0 Å². The van der Waals surface area contributed by atoms with Gasteiger partial charge in [-0.3, -0.25) is 9.59 Å². The van der Waals surface area contributed by atoms with Gasteiger partial charge in [0.1, 0.15) is 0 Å². The number of thioether (sulfide) groups is 1. The van der Waals surface area contributed by atoms with Gasteiger partial charge in [-0.15, -0.1) is 28.7 Å². The van der Waals surface area contributed by atoms with Gasteiger partial charge >= 0.3 is 0 Å². The maximum atomic E-state index is 12.6. The molecular weight excluding hydrogens is 612 g/mol. The van der Waals surface area contributed by atoms with Crippen molar-refractivity contribution in [2.45, 2.75) is 97.4 Å². The molecular formula is C34H49BrN2O4S. The van der Waals surface area contributed by atoms with Gasteiger partial charge in [-0.2, -0.15) is 0 Å². The summed E-state index contributed by atoms with van der Waals surface area (Å²) in [4.78, 5) is 27.1. The molecule has 42 heavy (non-hydrogen) atoms. The Morgan fingerprint density at radius 3 is 2.10 bits per heavy atom. The second-order valence-electron chi connectivity index (χ2n) is 10.8. The standard InChI is InChI=1S/C34H48N2O4S.BrH/c1-3-4-5-6-7-8-9-10-11-12-13-14-23-39-34-31(28(2)37)16-15-17-32(34)40-26-33(38)35-30-20-18-29(19-21-30)25-36-22-24-41-27-36;/h15-22,24H,3-14,23,25-27H2,1-2H3,(H,35,38);1H. The molecule has 6 nitrogen and oxygen atoms in total. The highest BCUT2D eigenvalue weighted by Gasteiger charge is 2.16. The van der Waals surface area contributed by atoms with Crippen LogP contribution in [0, 0.1) is 0 Å². The highest BCUT2D eigenvalue weighted by Crippen LogP contribution is 2.32. The van der Waals surface area contributed by atoms with E-state index >= 15 is 0 Å². The van der Waals surface area contributed by atoms with E-state index in [1.165, 1.54) is 76.7 Å². The minimum absolute atomic E-state index is 0. The lowest BCUT2D eigenvalue weighted by atomic mass is 10.1. The molecule has 0 bridgehead atoms. The molecule has 0 unspecified atom stereocenters. The number of Topliss-reactive ketones (excluding diaryl/α,β-unsaturated/α-hetero) is 1. The summed E-state index contributed by atoms with van der Waals surface area (Å²) in [7, 11) is 0. The Bertz CT molecular complexity index is 1090. The molecule has 0 saturated heterocycles. The third-order valence-corrected chi connectivity index (χ3v) is 7.99. The predicted octanol–water partition coefficient (Wildman–Crippen LogP) is 9.54. The van der Waals surface area contributed by atoms with E-state index in [1.807, 2.05) is 24.3 Å². The third kappa shape index (κ3) is 13.7. The Kier molecular flexibility index (Phi) is 18.1. The van der Waals surface area contributed by atoms with Crippen molar-refractivity contribution in [3.05, 3.63) is 65.2 Å². The molecule has 1 aliphatic heterocycles. The van der Waals surface area contributed by atoms with Crippen molar-refractivity contribution in [1.29, 1.82) is 0 Å². The Hall–Kier alpha value is -2.45. The molecule has 0 aliphatic carbocycles. The summed E-state index contributed by atoms with van der Waals surface area (Å²) in [5, 5.41) is 4.98. The SMILES string of the molecule is Br.CCCCCCCCCCCCCCOc1c(OCC(=O)Nc2ccc(CN3C=CSC3)cc2)cccc1C(C)=O. The smallest absolute Gasteiger partial charge is 0.262 e. The van der Waals surface area contributed by atoms with Gasteiger partial charge in [-0.25, -0.2) is 0 Å². The summed E-state index contributed by atoms with van der Waals surface area (Å²) in [6.45, 7) is 4.97. The van der Waals surface area contributed by atoms with Gasteiger partial charge < -0.3 is 19.7 Å². The van der Waals surface area contributed by atoms with Gasteiger partial charge in [0, 0.05) is 18.4 Å². The van der Waals surface area contributed by atoms with Gasteiger partial charge in [0.05, 0.1) is 18.0 Å². The highest BCUT2D eigenvalue weighted by molar-refractivity contribution is 8.93. The van der Waals surface area contributed by atoms with Gasteiger partial charge in [-0.1, -0.05) is 95.8 Å². The van der Waals surface area contributed by atoms with Crippen LogP contribution in [0.4, 0.5) is 5.69 Å². The number of rotatable bonds is 21. The van der Waals surface area contributed by atoms with Gasteiger partial charge in [0.25, 0.3) is 5.91 Å². The van der Waals surface area contributed by atoms with Crippen LogP contribution < -0.4 is 14.8 Å². The van der Waals surface area contributed by atoms with Crippen LogP contribution in [0.2, 0.25) is 0 Å². The van der Waals surface area contributed by atoms with Crippen LogP contribution in [0.1, 0.15) is 107 Å². The average molecular weight is 662 g/mol. The summed E-state index contributed by atoms with van der Waals surface area (Å²) in [5.41, 5.74) is 2.38. The molecule has 1 N–H and O–H groups in total. The fourth-order valence-electron chi connectivity index (χ4n) is 4.85. The van der Waals surface area contributed by atoms with Crippen molar-refractivity contribution in [1.82, 2.24) is 4.90 Å². The maximum Gasteiger partial charge on any atom is 0.262 e. The monoisotopic (exact) mass is 660 g/mol. The van der Waals surface area contributed by atoms with Crippen molar-refractivity contribution in [2.24, 2.45) is 0 Å². The normalized spacial score (nSPS) is 12.2. The van der Waals surface area contributed by atoms with Gasteiger partial charge in [0.2, 0.25) is 0 Å². The topological polar surface area (TPSA) is 67.9 Å². The number of hydrogen-bond acceptors (Lipinski definition) is 6. The number of nitrogens with one attached hydrogen (secondary N) is 1. The quantitative estimate of drug-likeness (QED) is 0.106. The first-order valence-corrected chi connectivity index (χ1v) is 16.4. The van der Waals surface area contributed by atoms with Gasteiger partial charge in [0.15, 0.2) is 23.9 Å². The molecule has 3 rings (SSSR count). The van der Waals surface area contributed by atoms with E-state index in [4.69, 9.17) is 9.47 Å². The zero-order valence-corrected chi connectivity index (χ0v) is 27.9. The molecule has 232 valence electrons. The van der Waals surface area contributed by atoms with Crippen LogP contribution in [0.3, 0.4) is 0 Å². The Balaban J connectivity index is 0.00000616. The molecule has 1 aliphatic rings. The van der Waals surface area contributed by atoms with E-state index in [0.717, 1.165) is 31.0 Å². The molecule has 0 spiro atoms. The summed E-state index contributed by atoms with van der Waals surface area (Å²) in [6, 6.07) is 13.1. The first-order valence-electron chi connectivity index (χ1n) is 15.4. The van der Waals surface area contributed by atoms with Crippen LogP contribution in [0.15, 0.2) is 54.1 Å². The molecule has 0 radical (unpaired) electrons.